The summed E-state index contributed by atoms with van der Waals surface area (Å²) in [4.78, 5) is 1.49. The molecule has 4 rings (SSSR count). The summed E-state index contributed by atoms with van der Waals surface area (Å²) in [5.41, 5.74) is 6.13. The largest absolute Gasteiger partial charge is 0.343 e. The number of nitrogens with one attached hydrogen (secondary N) is 1. The van der Waals surface area contributed by atoms with E-state index in [4.69, 9.17) is 0 Å². The Morgan fingerprint density at radius 1 is 1.33 bits per heavy atom. The van der Waals surface area contributed by atoms with Crippen LogP contribution in [-0.4, -0.2) is 16.9 Å². The molecule has 2 nitrogen and oxygen atoms in total. The van der Waals surface area contributed by atoms with Gasteiger partial charge in [0.1, 0.15) is 0 Å². The predicted molar refractivity (Wildman–Crippen MR) is 77.4 cm³/mol. The van der Waals surface area contributed by atoms with Gasteiger partial charge < -0.3 is 9.88 Å². The second kappa shape index (κ2) is 4.04. The van der Waals surface area contributed by atoms with Crippen molar-refractivity contribution in [2.75, 3.05) is 12.3 Å². The smallest absolute Gasteiger partial charge is 0.0626 e. The molecule has 0 unspecified atom stereocenters. The summed E-state index contributed by atoms with van der Waals surface area (Å²) in [6, 6.07) is 4.62. The molecule has 0 spiro atoms. The van der Waals surface area contributed by atoms with E-state index >= 15 is 0 Å². The van der Waals surface area contributed by atoms with E-state index in [0.29, 0.717) is 0 Å². The quantitative estimate of drug-likeness (QED) is 0.782. The van der Waals surface area contributed by atoms with Crippen LogP contribution in [0.15, 0.2) is 17.0 Å². The lowest BCUT2D eigenvalue weighted by atomic mass is 10.0. The third kappa shape index (κ3) is 1.41. The second-order valence-corrected chi connectivity index (χ2v) is 6.45. The standard InChI is InChI=1S/C15H18N2S/c1-10-3-4-13-15-14(10)11-9-16-6-5-12(11)17(15)7-2-8-18-13/h3-4,16H,2,5-9H2,1H3. The van der Waals surface area contributed by atoms with E-state index in [1.807, 2.05) is 11.8 Å². The van der Waals surface area contributed by atoms with Crippen LogP contribution >= 0.6 is 11.8 Å². The number of aromatic nitrogens is 1. The van der Waals surface area contributed by atoms with Gasteiger partial charge in [0.05, 0.1) is 5.52 Å². The molecule has 0 aliphatic carbocycles. The van der Waals surface area contributed by atoms with Gasteiger partial charge in [-0.15, -0.1) is 11.8 Å². The maximum absolute atomic E-state index is 3.53. The summed E-state index contributed by atoms with van der Waals surface area (Å²) in [6.45, 7) is 5.64. The van der Waals surface area contributed by atoms with Crippen molar-refractivity contribution in [1.29, 1.82) is 0 Å². The fraction of sp³-hybridized carbons (Fsp3) is 0.467. The normalized spacial score (nSPS) is 18.7. The van der Waals surface area contributed by atoms with Crippen LogP contribution in [0.4, 0.5) is 0 Å². The molecule has 0 saturated heterocycles. The van der Waals surface area contributed by atoms with E-state index in [9.17, 15) is 0 Å². The van der Waals surface area contributed by atoms with E-state index in [1.165, 1.54) is 46.5 Å². The highest BCUT2D eigenvalue weighted by molar-refractivity contribution is 7.99. The summed E-state index contributed by atoms with van der Waals surface area (Å²) in [7, 11) is 0. The summed E-state index contributed by atoms with van der Waals surface area (Å²) in [5, 5.41) is 5.06. The fourth-order valence-corrected chi connectivity index (χ4v) is 4.44. The zero-order valence-corrected chi connectivity index (χ0v) is 11.6. The van der Waals surface area contributed by atoms with Gasteiger partial charge in [-0.1, -0.05) is 6.07 Å². The van der Waals surface area contributed by atoms with Crippen LogP contribution in [0.1, 0.15) is 23.2 Å². The van der Waals surface area contributed by atoms with Crippen molar-refractivity contribution in [1.82, 2.24) is 9.88 Å². The SMILES string of the molecule is Cc1ccc2c3c1c1c(n3CCCS2)CCNC1. The van der Waals surface area contributed by atoms with Crippen LogP contribution < -0.4 is 5.32 Å². The van der Waals surface area contributed by atoms with Crippen molar-refractivity contribution >= 4 is 22.7 Å². The summed E-state index contributed by atoms with van der Waals surface area (Å²) >= 11 is 2.03. The van der Waals surface area contributed by atoms with Gasteiger partial charge in [0, 0.05) is 42.0 Å². The Kier molecular flexibility index (Phi) is 2.45. The van der Waals surface area contributed by atoms with Crippen LogP contribution in [0.2, 0.25) is 0 Å². The number of hydrogen-bond acceptors (Lipinski definition) is 2. The minimum atomic E-state index is 1.05. The Hall–Kier alpha value is -0.930. The number of aryl methyl sites for hydroxylation is 2. The van der Waals surface area contributed by atoms with Crippen LogP contribution in [0, 0.1) is 6.92 Å². The van der Waals surface area contributed by atoms with Gasteiger partial charge in [0.25, 0.3) is 0 Å². The Morgan fingerprint density at radius 3 is 3.22 bits per heavy atom. The molecule has 2 aliphatic heterocycles. The van der Waals surface area contributed by atoms with Gasteiger partial charge in [-0.2, -0.15) is 0 Å². The Balaban J connectivity index is 2.15. The van der Waals surface area contributed by atoms with E-state index in [0.717, 1.165) is 13.1 Å². The van der Waals surface area contributed by atoms with E-state index in [2.05, 4.69) is 28.9 Å². The summed E-state index contributed by atoms with van der Waals surface area (Å²) in [6.07, 6.45) is 2.48. The van der Waals surface area contributed by atoms with Crippen molar-refractivity contribution in [3.05, 3.63) is 29.0 Å². The number of fused-ring (bicyclic) bond motifs is 3. The van der Waals surface area contributed by atoms with Crippen LogP contribution in [0.25, 0.3) is 10.9 Å². The molecular weight excluding hydrogens is 240 g/mol. The molecule has 18 heavy (non-hydrogen) atoms. The lowest BCUT2D eigenvalue weighted by molar-refractivity contribution is 0.592. The highest BCUT2D eigenvalue weighted by Crippen LogP contribution is 2.39. The Labute approximate surface area is 112 Å². The molecule has 0 atom stereocenters. The first kappa shape index (κ1) is 10.9. The summed E-state index contributed by atoms with van der Waals surface area (Å²) < 4.78 is 2.62. The van der Waals surface area contributed by atoms with Gasteiger partial charge in [0.2, 0.25) is 0 Å². The van der Waals surface area contributed by atoms with Crippen molar-refractivity contribution in [3.8, 4) is 0 Å². The number of rotatable bonds is 0. The van der Waals surface area contributed by atoms with Crippen molar-refractivity contribution < 1.29 is 0 Å². The van der Waals surface area contributed by atoms with Gasteiger partial charge >= 0.3 is 0 Å². The minimum absolute atomic E-state index is 1.05. The molecular formula is C15H18N2S. The molecule has 0 bridgehead atoms. The molecule has 1 N–H and O–H groups in total. The van der Waals surface area contributed by atoms with Crippen LogP contribution in [0.3, 0.4) is 0 Å². The van der Waals surface area contributed by atoms with Crippen molar-refractivity contribution in [2.45, 2.75) is 37.8 Å². The molecule has 2 aliphatic rings. The molecule has 1 aromatic carbocycles. The molecule has 94 valence electrons. The molecule has 3 heteroatoms. The molecule has 3 heterocycles. The minimum Gasteiger partial charge on any atom is -0.343 e. The average molecular weight is 258 g/mol. The maximum Gasteiger partial charge on any atom is 0.0626 e. The first-order valence-electron chi connectivity index (χ1n) is 6.83. The zero-order valence-electron chi connectivity index (χ0n) is 10.8. The van der Waals surface area contributed by atoms with Crippen LogP contribution in [-0.2, 0) is 19.5 Å². The average Bonchev–Trinajstić information content (AvgIpc) is 2.58. The molecule has 0 saturated carbocycles. The first-order valence-corrected chi connectivity index (χ1v) is 7.82. The van der Waals surface area contributed by atoms with Gasteiger partial charge in [-0.05, 0) is 36.3 Å². The van der Waals surface area contributed by atoms with E-state index < -0.39 is 0 Å². The monoisotopic (exact) mass is 258 g/mol. The number of hydrogen-bond donors (Lipinski definition) is 1. The summed E-state index contributed by atoms with van der Waals surface area (Å²) in [5.74, 6) is 1.26. The van der Waals surface area contributed by atoms with Gasteiger partial charge in [-0.3, -0.25) is 0 Å². The molecule has 1 aromatic heterocycles. The Bertz CT molecular complexity index is 627. The number of thioether (sulfide) groups is 1. The van der Waals surface area contributed by atoms with E-state index in [1.54, 1.807) is 11.3 Å². The molecule has 0 amide bonds. The molecule has 0 fully saturated rings. The lowest BCUT2D eigenvalue weighted by Crippen LogP contribution is -2.24. The zero-order chi connectivity index (χ0) is 12.1. The first-order chi connectivity index (χ1) is 8.86. The van der Waals surface area contributed by atoms with E-state index in [-0.39, 0.29) is 0 Å². The highest BCUT2D eigenvalue weighted by atomic mass is 32.2. The van der Waals surface area contributed by atoms with Gasteiger partial charge in [-0.25, -0.2) is 0 Å². The predicted octanol–water partition coefficient (Wildman–Crippen LogP) is 3.09. The number of nitrogens with zero attached hydrogens (tertiary/aromatic N) is 1. The lowest BCUT2D eigenvalue weighted by Gasteiger charge is -2.16. The van der Waals surface area contributed by atoms with Crippen molar-refractivity contribution in [2.24, 2.45) is 0 Å². The van der Waals surface area contributed by atoms with Crippen molar-refractivity contribution in [3.63, 3.8) is 0 Å². The highest BCUT2D eigenvalue weighted by Gasteiger charge is 2.23. The third-order valence-electron chi connectivity index (χ3n) is 4.22. The topological polar surface area (TPSA) is 17.0 Å². The Morgan fingerprint density at radius 2 is 2.28 bits per heavy atom. The third-order valence-corrected chi connectivity index (χ3v) is 5.35. The number of benzene rings is 1. The van der Waals surface area contributed by atoms with Crippen LogP contribution in [0.5, 0.6) is 0 Å². The van der Waals surface area contributed by atoms with Gasteiger partial charge in [0.15, 0.2) is 0 Å². The molecule has 2 aromatic rings. The fourth-order valence-electron chi connectivity index (χ4n) is 3.43. The maximum atomic E-state index is 3.53. The second-order valence-electron chi connectivity index (χ2n) is 5.31. The molecule has 0 radical (unpaired) electrons.